The minimum Gasteiger partial charge on any atom is -0.383 e. The third-order valence-electron chi connectivity index (χ3n) is 2.76. The first kappa shape index (κ1) is 11.2. The lowest BCUT2D eigenvalue weighted by molar-refractivity contribution is 0.808. The summed E-state index contributed by atoms with van der Waals surface area (Å²) in [5.74, 6) is 0.650. The van der Waals surface area contributed by atoms with Gasteiger partial charge in [-0.3, -0.25) is 0 Å². The van der Waals surface area contributed by atoms with Crippen LogP contribution in [-0.4, -0.2) is 14.8 Å². The maximum absolute atomic E-state index is 5.99. The Bertz CT molecular complexity index is 650. The monoisotopic (exact) mass is 258 g/mol. The summed E-state index contributed by atoms with van der Waals surface area (Å²) < 4.78 is 2.88. The zero-order valence-electron chi connectivity index (χ0n) is 10.1. The van der Waals surface area contributed by atoms with E-state index in [1.54, 1.807) is 16.0 Å². The predicted molar refractivity (Wildman–Crippen MR) is 75.1 cm³/mol. The van der Waals surface area contributed by atoms with E-state index in [0.29, 0.717) is 5.82 Å². The molecule has 0 unspecified atom stereocenters. The normalized spacial score (nSPS) is 11.2. The molecule has 0 amide bonds. The van der Waals surface area contributed by atoms with Crippen molar-refractivity contribution in [3.8, 4) is 5.13 Å². The van der Waals surface area contributed by atoms with Crippen molar-refractivity contribution < 1.29 is 0 Å². The Kier molecular flexibility index (Phi) is 2.76. The number of aryl methyl sites for hydroxylation is 1. The molecule has 4 nitrogen and oxygen atoms in total. The van der Waals surface area contributed by atoms with E-state index in [4.69, 9.17) is 5.73 Å². The molecule has 0 atom stereocenters. The standard InChI is InChI=1S/C13H14N4S/c1-2-5-9-8-12(14)17(16-9)13-15-10-6-3-4-7-11(10)18-13/h3-4,6-8H,2,5,14H2,1H3. The molecule has 18 heavy (non-hydrogen) atoms. The molecule has 1 aromatic carbocycles. The number of nitrogen functional groups attached to an aromatic ring is 1. The molecule has 0 fully saturated rings. The molecule has 0 spiro atoms. The second kappa shape index (κ2) is 4.42. The molecule has 92 valence electrons. The summed E-state index contributed by atoms with van der Waals surface area (Å²) in [5, 5.41) is 5.33. The Hall–Kier alpha value is -1.88. The van der Waals surface area contributed by atoms with Crippen molar-refractivity contribution >= 4 is 27.4 Å². The van der Waals surface area contributed by atoms with Gasteiger partial charge >= 0.3 is 0 Å². The highest BCUT2D eigenvalue weighted by atomic mass is 32.1. The lowest BCUT2D eigenvalue weighted by atomic mass is 10.2. The van der Waals surface area contributed by atoms with Crippen molar-refractivity contribution in [2.75, 3.05) is 5.73 Å². The molecular weight excluding hydrogens is 244 g/mol. The van der Waals surface area contributed by atoms with Crippen LogP contribution in [0.2, 0.25) is 0 Å². The van der Waals surface area contributed by atoms with Gasteiger partial charge in [-0.15, -0.1) is 0 Å². The molecular formula is C13H14N4S. The molecule has 0 aliphatic heterocycles. The Morgan fingerprint density at radius 3 is 2.94 bits per heavy atom. The number of rotatable bonds is 3. The Morgan fingerprint density at radius 1 is 1.33 bits per heavy atom. The lowest BCUT2D eigenvalue weighted by Gasteiger charge is -1.96. The van der Waals surface area contributed by atoms with Gasteiger partial charge in [-0.25, -0.2) is 4.98 Å². The summed E-state index contributed by atoms with van der Waals surface area (Å²) in [4.78, 5) is 4.56. The molecule has 0 aliphatic carbocycles. The van der Waals surface area contributed by atoms with Crippen molar-refractivity contribution in [1.29, 1.82) is 0 Å². The maximum atomic E-state index is 5.99. The largest absolute Gasteiger partial charge is 0.383 e. The molecule has 3 rings (SSSR count). The Labute approximate surface area is 109 Å². The topological polar surface area (TPSA) is 56.7 Å². The number of nitrogens with two attached hydrogens (primary N) is 1. The summed E-state index contributed by atoms with van der Waals surface area (Å²) in [7, 11) is 0. The third kappa shape index (κ3) is 1.86. The molecule has 0 bridgehead atoms. The van der Waals surface area contributed by atoms with Gasteiger partial charge in [0.25, 0.3) is 0 Å². The number of aromatic nitrogens is 3. The Morgan fingerprint density at radius 2 is 2.17 bits per heavy atom. The minimum atomic E-state index is 0.650. The molecule has 2 N–H and O–H groups in total. The number of benzene rings is 1. The highest BCUT2D eigenvalue weighted by molar-refractivity contribution is 7.20. The van der Waals surface area contributed by atoms with Gasteiger partial charge in [0, 0.05) is 6.07 Å². The lowest BCUT2D eigenvalue weighted by Crippen LogP contribution is -2.01. The fourth-order valence-corrected chi connectivity index (χ4v) is 2.87. The van der Waals surface area contributed by atoms with Gasteiger partial charge < -0.3 is 5.73 Å². The van der Waals surface area contributed by atoms with Gasteiger partial charge in [-0.1, -0.05) is 36.8 Å². The van der Waals surface area contributed by atoms with Crippen LogP contribution in [0.4, 0.5) is 5.82 Å². The van der Waals surface area contributed by atoms with E-state index in [0.717, 1.165) is 33.9 Å². The average Bonchev–Trinajstić information content (AvgIpc) is 2.92. The van der Waals surface area contributed by atoms with Crippen LogP contribution >= 0.6 is 11.3 Å². The molecule has 3 aromatic rings. The average molecular weight is 258 g/mol. The van der Waals surface area contributed by atoms with E-state index in [9.17, 15) is 0 Å². The fourth-order valence-electron chi connectivity index (χ4n) is 1.93. The van der Waals surface area contributed by atoms with Crippen LogP contribution in [0.5, 0.6) is 0 Å². The summed E-state index contributed by atoms with van der Waals surface area (Å²) in [6.07, 6.45) is 2.01. The molecule has 0 saturated carbocycles. The second-order valence-electron chi connectivity index (χ2n) is 4.19. The highest BCUT2D eigenvalue weighted by Gasteiger charge is 2.10. The van der Waals surface area contributed by atoms with Crippen molar-refractivity contribution in [3.05, 3.63) is 36.0 Å². The summed E-state index contributed by atoms with van der Waals surface area (Å²) in [6.45, 7) is 2.13. The third-order valence-corrected chi connectivity index (χ3v) is 3.77. The number of fused-ring (bicyclic) bond motifs is 1. The van der Waals surface area contributed by atoms with E-state index < -0.39 is 0 Å². The van der Waals surface area contributed by atoms with E-state index in [2.05, 4.69) is 23.1 Å². The van der Waals surface area contributed by atoms with Crippen molar-refractivity contribution in [3.63, 3.8) is 0 Å². The summed E-state index contributed by atoms with van der Waals surface area (Å²) >= 11 is 1.61. The summed E-state index contributed by atoms with van der Waals surface area (Å²) in [5.41, 5.74) is 8.01. The molecule has 2 aromatic heterocycles. The van der Waals surface area contributed by atoms with Crippen LogP contribution in [0.3, 0.4) is 0 Å². The van der Waals surface area contributed by atoms with Crippen LogP contribution in [0.25, 0.3) is 15.3 Å². The SMILES string of the molecule is CCCc1cc(N)n(-c2nc3ccccc3s2)n1. The van der Waals surface area contributed by atoms with E-state index in [-0.39, 0.29) is 0 Å². The quantitative estimate of drug-likeness (QED) is 0.785. The Balaban J connectivity index is 2.08. The number of hydrogen-bond donors (Lipinski definition) is 1. The van der Waals surface area contributed by atoms with Gasteiger partial charge in [0.05, 0.1) is 15.9 Å². The number of thiazole rings is 1. The van der Waals surface area contributed by atoms with E-state index in [1.807, 2.05) is 24.3 Å². The number of nitrogens with zero attached hydrogens (tertiary/aromatic N) is 3. The first-order valence-electron chi connectivity index (χ1n) is 5.98. The summed E-state index contributed by atoms with van der Waals surface area (Å²) in [6, 6.07) is 9.99. The van der Waals surface area contributed by atoms with Crippen LogP contribution in [0.15, 0.2) is 30.3 Å². The van der Waals surface area contributed by atoms with E-state index >= 15 is 0 Å². The van der Waals surface area contributed by atoms with Gasteiger partial charge in [0.15, 0.2) is 0 Å². The molecule has 2 heterocycles. The van der Waals surface area contributed by atoms with Gasteiger partial charge in [0.1, 0.15) is 5.82 Å². The van der Waals surface area contributed by atoms with Crippen LogP contribution in [0, 0.1) is 0 Å². The van der Waals surface area contributed by atoms with Crippen LogP contribution in [0.1, 0.15) is 19.0 Å². The molecule has 0 radical (unpaired) electrons. The second-order valence-corrected chi connectivity index (χ2v) is 5.20. The first-order chi connectivity index (χ1) is 8.78. The van der Waals surface area contributed by atoms with Crippen LogP contribution in [-0.2, 0) is 6.42 Å². The number of anilines is 1. The van der Waals surface area contributed by atoms with Crippen molar-refractivity contribution in [1.82, 2.24) is 14.8 Å². The molecule has 5 heteroatoms. The number of hydrogen-bond acceptors (Lipinski definition) is 4. The van der Waals surface area contributed by atoms with E-state index in [1.165, 1.54) is 0 Å². The fraction of sp³-hybridized carbons (Fsp3) is 0.231. The van der Waals surface area contributed by atoms with Gasteiger partial charge in [0.2, 0.25) is 5.13 Å². The van der Waals surface area contributed by atoms with Crippen molar-refractivity contribution in [2.45, 2.75) is 19.8 Å². The molecule has 0 aliphatic rings. The first-order valence-corrected chi connectivity index (χ1v) is 6.80. The zero-order valence-corrected chi connectivity index (χ0v) is 10.9. The van der Waals surface area contributed by atoms with Crippen molar-refractivity contribution in [2.24, 2.45) is 0 Å². The highest BCUT2D eigenvalue weighted by Crippen LogP contribution is 2.26. The molecule has 0 saturated heterocycles. The minimum absolute atomic E-state index is 0.650. The zero-order chi connectivity index (χ0) is 12.5. The smallest absolute Gasteiger partial charge is 0.213 e. The van der Waals surface area contributed by atoms with Gasteiger partial charge in [-0.05, 0) is 18.6 Å². The predicted octanol–water partition coefficient (Wildman–Crippen LogP) is 3.02. The van der Waals surface area contributed by atoms with Crippen LogP contribution < -0.4 is 5.73 Å². The maximum Gasteiger partial charge on any atom is 0.213 e. The number of para-hydroxylation sites is 1. The van der Waals surface area contributed by atoms with Gasteiger partial charge in [-0.2, -0.15) is 9.78 Å².